The number of aromatic carboxylic acids is 1. The Hall–Kier alpha value is -4.66. The van der Waals surface area contributed by atoms with Crippen LogP contribution in [0.15, 0.2) is 63.8 Å². The number of aromatic hydroxyl groups is 1. The van der Waals surface area contributed by atoms with E-state index in [4.69, 9.17) is 4.42 Å². The predicted molar refractivity (Wildman–Crippen MR) is 159 cm³/mol. The molecular weight excluding hydrogens is 536 g/mol. The van der Waals surface area contributed by atoms with E-state index in [1.807, 2.05) is 0 Å². The summed E-state index contributed by atoms with van der Waals surface area (Å²) < 4.78 is 5.86. The number of carbonyl (C=O) groups excluding carboxylic acids is 2. The maximum Gasteiger partial charge on any atom is 0.336 e. The van der Waals surface area contributed by atoms with Gasteiger partial charge in [-0.25, -0.2) is 4.79 Å². The molecule has 2 amide bonds. The van der Waals surface area contributed by atoms with Crippen molar-refractivity contribution in [2.24, 2.45) is 11.8 Å². The van der Waals surface area contributed by atoms with Crippen molar-refractivity contribution in [3.05, 3.63) is 75.9 Å². The summed E-state index contributed by atoms with van der Waals surface area (Å²) in [5.41, 5.74) is 1.52. The summed E-state index contributed by atoms with van der Waals surface area (Å²) in [6.45, 7) is 3.38. The summed E-state index contributed by atoms with van der Waals surface area (Å²) in [6.07, 6.45) is 5.04. The number of nitrogens with one attached hydrogen (secondary N) is 2. The van der Waals surface area contributed by atoms with Crippen LogP contribution in [0.25, 0.3) is 33.4 Å². The Kier molecular flexibility index (Phi) is 8.56. The van der Waals surface area contributed by atoms with Crippen LogP contribution in [0.5, 0.6) is 5.75 Å². The van der Waals surface area contributed by atoms with Gasteiger partial charge < -0.3 is 25.3 Å². The second-order valence-corrected chi connectivity index (χ2v) is 11.2. The Morgan fingerprint density at radius 1 is 0.929 bits per heavy atom. The number of fused-ring (bicyclic) bond motifs is 2. The molecule has 0 aromatic heterocycles. The van der Waals surface area contributed by atoms with Crippen LogP contribution >= 0.6 is 0 Å². The van der Waals surface area contributed by atoms with Gasteiger partial charge in [0.2, 0.25) is 5.91 Å². The fourth-order valence-corrected chi connectivity index (χ4v) is 5.70. The molecule has 9 nitrogen and oxygen atoms in total. The zero-order valence-corrected chi connectivity index (χ0v) is 23.4. The largest absolute Gasteiger partial charge is 0.508 e. The molecule has 1 aliphatic heterocycles. The van der Waals surface area contributed by atoms with Crippen molar-refractivity contribution < 1.29 is 29.0 Å². The zero-order valence-electron chi connectivity index (χ0n) is 23.4. The lowest BCUT2D eigenvalue weighted by atomic mass is 9.76. The highest BCUT2D eigenvalue weighted by Gasteiger charge is 2.25. The van der Waals surface area contributed by atoms with Gasteiger partial charge >= 0.3 is 5.97 Å². The molecule has 1 fully saturated rings. The molecule has 9 heteroatoms. The molecule has 42 heavy (non-hydrogen) atoms. The minimum atomic E-state index is -1.22. The Morgan fingerprint density at radius 3 is 2.48 bits per heavy atom. The summed E-state index contributed by atoms with van der Waals surface area (Å²) >= 11 is 0. The third kappa shape index (κ3) is 6.46. The van der Waals surface area contributed by atoms with E-state index in [-0.39, 0.29) is 39.6 Å². The van der Waals surface area contributed by atoms with Gasteiger partial charge in [-0.15, -0.1) is 0 Å². The lowest BCUT2D eigenvalue weighted by Gasteiger charge is -2.32. The summed E-state index contributed by atoms with van der Waals surface area (Å²) in [6, 6.07) is 13.2. The third-order valence-corrected chi connectivity index (χ3v) is 7.88. The quantitative estimate of drug-likeness (QED) is 0.139. The molecule has 5 rings (SSSR count). The summed E-state index contributed by atoms with van der Waals surface area (Å²) in [7, 11) is 0. The summed E-state index contributed by atoms with van der Waals surface area (Å²) in [4.78, 5) is 49.3. The first-order valence-corrected chi connectivity index (χ1v) is 14.3. The molecule has 0 spiro atoms. The maximum atomic E-state index is 12.9. The van der Waals surface area contributed by atoms with Crippen LogP contribution < -0.4 is 16.1 Å². The van der Waals surface area contributed by atoms with E-state index in [2.05, 4.69) is 17.6 Å². The number of carboxylic acid groups (broad SMARTS) is 1. The third-order valence-electron chi connectivity index (χ3n) is 7.88. The van der Waals surface area contributed by atoms with Crippen LogP contribution in [0.3, 0.4) is 0 Å². The average molecular weight is 571 g/mol. The van der Waals surface area contributed by atoms with Crippen LogP contribution in [0, 0.1) is 11.8 Å². The van der Waals surface area contributed by atoms with Gasteiger partial charge in [-0.05, 0) is 79.5 Å². The molecule has 0 radical (unpaired) electrons. The fraction of sp³-hybridized carbons (Fsp3) is 0.333. The lowest BCUT2D eigenvalue weighted by molar-refractivity contribution is -0.121. The van der Waals surface area contributed by atoms with Crippen LogP contribution in [0.1, 0.15) is 66.2 Å². The molecule has 3 aliphatic rings. The standard InChI is InChI=1S/C33H34N2O7/c1-19-13-20(14-19)18-35-30(38)5-3-2-4-12-34-32(39)21-6-9-24(27(15-21)33(40)41)31-25-10-7-22(36)16-28(25)42-29-17-23(37)8-11-26(29)31/h6-11,15-17,19-20,36H,2-5,12-14,18H2,1H3,(H,34,39)(H,35,38)(H,40,41). The average Bonchev–Trinajstić information content (AvgIpc) is 2.94. The predicted octanol–water partition coefficient (Wildman–Crippen LogP) is 5.42. The molecule has 2 aliphatic carbocycles. The van der Waals surface area contributed by atoms with Crippen molar-refractivity contribution in [2.45, 2.75) is 45.4 Å². The summed E-state index contributed by atoms with van der Waals surface area (Å²) in [5, 5.41) is 26.5. The molecule has 1 heterocycles. The fourth-order valence-electron chi connectivity index (χ4n) is 5.70. The molecule has 2 aromatic rings. The highest BCUT2D eigenvalue weighted by atomic mass is 16.4. The highest BCUT2D eigenvalue weighted by Crippen LogP contribution is 2.42. The number of rotatable bonds is 11. The van der Waals surface area contributed by atoms with Crippen molar-refractivity contribution in [3.63, 3.8) is 0 Å². The topological polar surface area (TPSA) is 146 Å². The van der Waals surface area contributed by atoms with Gasteiger partial charge in [0.05, 0.1) is 5.56 Å². The first kappa shape index (κ1) is 28.9. The SMILES string of the molecule is CC1CC(CNC(=O)CCCCCNC(=O)c2ccc(-c3c4ccc(=O)cc-4oc4cc(O)ccc34)c(C(=O)O)c2)C1. The van der Waals surface area contributed by atoms with Crippen molar-refractivity contribution in [3.8, 4) is 28.2 Å². The lowest BCUT2D eigenvalue weighted by Crippen LogP contribution is -2.35. The monoisotopic (exact) mass is 570 g/mol. The van der Waals surface area contributed by atoms with Crippen molar-refractivity contribution >= 4 is 28.8 Å². The van der Waals surface area contributed by atoms with Gasteiger partial charge in [0.15, 0.2) is 5.43 Å². The number of amides is 2. The van der Waals surface area contributed by atoms with Crippen molar-refractivity contribution in [2.75, 3.05) is 13.1 Å². The Labute approximate surface area is 242 Å². The molecule has 0 saturated heterocycles. The van der Waals surface area contributed by atoms with Crippen molar-refractivity contribution in [1.29, 1.82) is 0 Å². The molecule has 1 saturated carbocycles. The Morgan fingerprint density at radius 2 is 1.71 bits per heavy atom. The van der Waals surface area contributed by atoms with E-state index in [0.717, 1.165) is 25.3 Å². The smallest absolute Gasteiger partial charge is 0.336 e. The van der Waals surface area contributed by atoms with Crippen LogP contribution in [0.2, 0.25) is 0 Å². The number of hydrogen-bond acceptors (Lipinski definition) is 6. The minimum absolute atomic E-state index is 0.0396. The molecule has 4 N–H and O–H groups in total. The van der Waals surface area contributed by atoms with Gasteiger partial charge in [0.1, 0.15) is 17.1 Å². The molecule has 218 valence electrons. The normalized spacial score (nSPS) is 16.2. The second kappa shape index (κ2) is 12.5. The van der Waals surface area contributed by atoms with E-state index >= 15 is 0 Å². The van der Waals surface area contributed by atoms with Gasteiger partial charge in [0, 0.05) is 53.7 Å². The van der Waals surface area contributed by atoms with Crippen LogP contribution in [-0.2, 0) is 4.79 Å². The van der Waals surface area contributed by atoms with Crippen LogP contribution in [0.4, 0.5) is 0 Å². The van der Waals surface area contributed by atoms with Gasteiger partial charge in [-0.2, -0.15) is 0 Å². The number of carbonyl (C=O) groups is 3. The van der Waals surface area contributed by atoms with Crippen LogP contribution in [-0.4, -0.2) is 41.1 Å². The molecule has 0 bridgehead atoms. The number of hydrogen-bond donors (Lipinski definition) is 4. The Balaban J connectivity index is 1.25. The van der Waals surface area contributed by atoms with E-state index in [1.54, 1.807) is 24.3 Å². The molecule has 0 unspecified atom stereocenters. The second-order valence-electron chi connectivity index (χ2n) is 11.2. The molecular formula is C33H34N2O7. The molecule has 0 atom stereocenters. The van der Waals surface area contributed by atoms with E-state index in [0.29, 0.717) is 47.4 Å². The first-order valence-electron chi connectivity index (χ1n) is 14.3. The number of benzene rings is 3. The number of unbranched alkanes of at least 4 members (excludes halogenated alkanes) is 2. The van der Waals surface area contributed by atoms with E-state index in [9.17, 15) is 29.4 Å². The van der Waals surface area contributed by atoms with E-state index in [1.165, 1.54) is 43.2 Å². The zero-order chi connectivity index (χ0) is 29.8. The van der Waals surface area contributed by atoms with Gasteiger partial charge in [-0.1, -0.05) is 19.4 Å². The number of phenolic OH excluding ortho intramolecular Hbond substituents is 1. The van der Waals surface area contributed by atoms with E-state index < -0.39 is 11.9 Å². The maximum absolute atomic E-state index is 12.9. The van der Waals surface area contributed by atoms with Crippen molar-refractivity contribution in [1.82, 2.24) is 10.6 Å². The highest BCUT2D eigenvalue weighted by molar-refractivity contribution is 6.09. The minimum Gasteiger partial charge on any atom is -0.508 e. The Bertz CT molecular complexity index is 1670. The number of phenols is 1. The first-order chi connectivity index (χ1) is 20.2. The van der Waals surface area contributed by atoms with Gasteiger partial charge in [-0.3, -0.25) is 14.4 Å². The summed E-state index contributed by atoms with van der Waals surface area (Å²) in [5.74, 6) is 0.0424. The number of carboxylic acids is 1. The molecule has 2 aromatic carbocycles. The van der Waals surface area contributed by atoms with Gasteiger partial charge in [0.25, 0.3) is 5.91 Å².